The van der Waals surface area contributed by atoms with E-state index in [1.165, 1.54) is 4.57 Å². The monoisotopic (exact) mass is 316 g/mol. The van der Waals surface area contributed by atoms with Gasteiger partial charge in [-0.2, -0.15) is 0 Å². The Morgan fingerprint density at radius 2 is 2.15 bits per heavy atom. The molecule has 20 heavy (non-hydrogen) atoms. The molecule has 2 rings (SSSR count). The van der Waals surface area contributed by atoms with Crippen molar-refractivity contribution in [2.24, 2.45) is 5.14 Å². The quantitative estimate of drug-likeness (QED) is 0.892. The molecular formula is C11H13ClN4O3S. The van der Waals surface area contributed by atoms with Gasteiger partial charge in [0.25, 0.3) is 15.2 Å². The highest BCUT2D eigenvalue weighted by Gasteiger charge is 2.20. The third-order valence-electron chi connectivity index (χ3n) is 2.53. The van der Waals surface area contributed by atoms with Crippen molar-refractivity contribution < 1.29 is 13.2 Å². The SMILES string of the molecule is CCn1c(COc2cccc(Cl)c2)nnc1S(N)(=O)=O. The lowest BCUT2D eigenvalue weighted by Gasteiger charge is -2.08. The lowest BCUT2D eigenvalue weighted by molar-refractivity contribution is 0.288. The summed E-state index contributed by atoms with van der Waals surface area (Å²) >= 11 is 5.84. The number of halogens is 1. The molecule has 1 heterocycles. The van der Waals surface area contributed by atoms with Gasteiger partial charge in [-0.15, -0.1) is 10.2 Å². The smallest absolute Gasteiger partial charge is 0.273 e. The van der Waals surface area contributed by atoms with Crippen LogP contribution in [0.5, 0.6) is 5.75 Å². The second kappa shape index (κ2) is 5.78. The summed E-state index contributed by atoms with van der Waals surface area (Å²) in [7, 11) is -3.90. The van der Waals surface area contributed by atoms with Crippen molar-refractivity contribution in [3.05, 3.63) is 35.1 Å². The van der Waals surface area contributed by atoms with Gasteiger partial charge < -0.3 is 4.74 Å². The molecule has 1 aromatic heterocycles. The van der Waals surface area contributed by atoms with E-state index in [2.05, 4.69) is 10.2 Å². The molecule has 0 saturated carbocycles. The van der Waals surface area contributed by atoms with E-state index in [4.69, 9.17) is 21.5 Å². The van der Waals surface area contributed by atoms with Crippen molar-refractivity contribution in [1.82, 2.24) is 14.8 Å². The summed E-state index contributed by atoms with van der Waals surface area (Å²) in [5.74, 6) is 0.928. The summed E-state index contributed by atoms with van der Waals surface area (Å²) in [5.41, 5.74) is 0. The highest BCUT2D eigenvalue weighted by atomic mass is 35.5. The Morgan fingerprint density at radius 3 is 2.75 bits per heavy atom. The van der Waals surface area contributed by atoms with Gasteiger partial charge in [0.15, 0.2) is 5.82 Å². The maximum Gasteiger partial charge on any atom is 0.273 e. The largest absolute Gasteiger partial charge is 0.486 e. The summed E-state index contributed by atoms with van der Waals surface area (Å²) in [4.78, 5) is 0. The molecule has 0 bridgehead atoms. The minimum absolute atomic E-state index is 0.0662. The van der Waals surface area contributed by atoms with E-state index in [-0.39, 0.29) is 11.8 Å². The Hall–Kier alpha value is -1.64. The van der Waals surface area contributed by atoms with Crippen molar-refractivity contribution in [3.8, 4) is 5.75 Å². The van der Waals surface area contributed by atoms with Gasteiger partial charge in [-0.1, -0.05) is 17.7 Å². The Labute approximate surface area is 121 Å². The average molecular weight is 317 g/mol. The van der Waals surface area contributed by atoms with Gasteiger partial charge in [0.2, 0.25) is 0 Å². The van der Waals surface area contributed by atoms with Gasteiger partial charge in [0, 0.05) is 11.6 Å². The molecule has 0 saturated heterocycles. The fourth-order valence-corrected chi connectivity index (χ4v) is 2.54. The molecule has 0 fully saturated rings. The molecule has 0 unspecified atom stereocenters. The number of nitrogens with zero attached hydrogens (tertiary/aromatic N) is 3. The molecule has 7 nitrogen and oxygen atoms in total. The summed E-state index contributed by atoms with van der Waals surface area (Å²) in [6, 6.07) is 6.86. The summed E-state index contributed by atoms with van der Waals surface area (Å²) in [6.07, 6.45) is 0. The molecule has 0 radical (unpaired) electrons. The van der Waals surface area contributed by atoms with Gasteiger partial charge in [0.05, 0.1) is 0 Å². The third kappa shape index (κ3) is 3.27. The van der Waals surface area contributed by atoms with E-state index in [0.29, 0.717) is 23.1 Å². The van der Waals surface area contributed by atoms with Crippen LogP contribution >= 0.6 is 11.6 Å². The van der Waals surface area contributed by atoms with Gasteiger partial charge in [0.1, 0.15) is 12.4 Å². The fourth-order valence-electron chi connectivity index (χ4n) is 1.66. The highest BCUT2D eigenvalue weighted by molar-refractivity contribution is 7.89. The number of nitrogens with two attached hydrogens (primary N) is 1. The number of rotatable bonds is 5. The standard InChI is InChI=1S/C11H13ClN4O3S/c1-2-16-10(14-15-11(16)20(13,17)18)7-19-9-5-3-4-8(12)6-9/h3-6H,2,7H2,1H3,(H2,13,17,18). The maximum absolute atomic E-state index is 11.3. The highest BCUT2D eigenvalue weighted by Crippen LogP contribution is 2.18. The Bertz CT molecular complexity index is 714. The minimum Gasteiger partial charge on any atom is -0.486 e. The molecule has 0 amide bonds. The molecule has 0 atom stereocenters. The van der Waals surface area contributed by atoms with Crippen LogP contribution in [0.3, 0.4) is 0 Å². The van der Waals surface area contributed by atoms with Crippen molar-refractivity contribution in [3.63, 3.8) is 0 Å². The van der Waals surface area contributed by atoms with Crippen LogP contribution in [0.4, 0.5) is 0 Å². The summed E-state index contributed by atoms with van der Waals surface area (Å²) in [6.45, 7) is 2.20. The van der Waals surface area contributed by atoms with E-state index < -0.39 is 10.0 Å². The Morgan fingerprint density at radius 1 is 1.40 bits per heavy atom. The summed E-state index contributed by atoms with van der Waals surface area (Å²) < 4.78 is 29.6. The van der Waals surface area contributed by atoms with Crippen molar-refractivity contribution in [2.75, 3.05) is 0 Å². The van der Waals surface area contributed by atoms with E-state index in [9.17, 15) is 8.42 Å². The molecule has 0 aliphatic heterocycles. The zero-order valence-electron chi connectivity index (χ0n) is 10.7. The molecule has 0 aliphatic carbocycles. The number of ether oxygens (including phenoxy) is 1. The second-order valence-corrected chi connectivity index (χ2v) is 5.83. The molecule has 108 valence electrons. The zero-order valence-corrected chi connectivity index (χ0v) is 12.2. The van der Waals surface area contributed by atoms with E-state index in [1.54, 1.807) is 31.2 Å². The number of sulfonamides is 1. The first-order valence-electron chi connectivity index (χ1n) is 5.75. The predicted octanol–water partition coefficient (Wildman–Crippen LogP) is 1.18. The second-order valence-electron chi connectivity index (χ2n) is 3.93. The number of hydrogen-bond acceptors (Lipinski definition) is 5. The lowest BCUT2D eigenvalue weighted by Crippen LogP contribution is -2.19. The molecule has 9 heteroatoms. The molecule has 0 spiro atoms. The van der Waals surface area contributed by atoms with Gasteiger partial charge in [-0.25, -0.2) is 13.6 Å². The van der Waals surface area contributed by atoms with E-state index in [0.717, 1.165) is 0 Å². The Kier molecular flexibility index (Phi) is 4.26. The first-order chi connectivity index (χ1) is 9.41. The predicted molar refractivity (Wildman–Crippen MR) is 72.9 cm³/mol. The lowest BCUT2D eigenvalue weighted by atomic mass is 10.3. The van der Waals surface area contributed by atoms with Crippen LogP contribution in [0, 0.1) is 0 Å². The molecule has 2 N–H and O–H groups in total. The van der Waals surface area contributed by atoms with Crippen LogP contribution in [0.1, 0.15) is 12.7 Å². The van der Waals surface area contributed by atoms with Crippen LogP contribution < -0.4 is 9.88 Å². The van der Waals surface area contributed by atoms with Crippen LogP contribution in [-0.2, 0) is 23.2 Å². The average Bonchev–Trinajstić information content (AvgIpc) is 2.79. The van der Waals surface area contributed by atoms with Gasteiger partial charge in [-0.3, -0.25) is 4.57 Å². The normalized spacial score (nSPS) is 11.6. The maximum atomic E-state index is 11.3. The topological polar surface area (TPSA) is 100 Å². The van der Waals surface area contributed by atoms with Crippen LogP contribution in [0.25, 0.3) is 0 Å². The van der Waals surface area contributed by atoms with Crippen molar-refractivity contribution in [1.29, 1.82) is 0 Å². The van der Waals surface area contributed by atoms with Gasteiger partial charge in [-0.05, 0) is 25.1 Å². The number of primary sulfonamides is 1. The molecule has 2 aromatic rings. The van der Waals surface area contributed by atoms with Crippen LogP contribution in [-0.4, -0.2) is 23.2 Å². The van der Waals surface area contributed by atoms with Crippen molar-refractivity contribution >= 4 is 21.6 Å². The molecular weight excluding hydrogens is 304 g/mol. The van der Waals surface area contributed by atoms with E-state index in [1.807, 2.05) is 0 Å². The first kappa shape index (κ1) is 14.8. The van der Waals surface area contributed by atoms with Crippen LogP contribution in [0.2, 0.25) is 5.02 Å². The fraction of sp³-hybridized carbons (Fsp3) is 0.273. The number of aromatic nitrogens is 3. The van der Waals surface area contributed by atoms with E-state index >= 15 is 0 Å². The van der Waals surface area contributed by atoms with Crippen LogP contribution in [0.15, 0.2) is 29.4 Å². The zero-order chi connectivity index (χ0) is 14.8. The molecule has 0 aliphatic rings. The number of hydrogen-bond donors (Lipinski definition) is 1. The number of benzene rings is 1. The van der Waals surface area contributed by atoms with Crippen molar-refractivity contribution in [2.45, 2.75) is 25.2 Å². The summed E-state index contributed by atoms with van der Waals surface area (Å²) in [5, 5.41) is 12.7. The minimum atomic E-state index is -3.90. The third-order valence-corrected chi connectivity index (χ3v) is 3.57. The van der Waals surface area contributed by atoms with Gasteiger partial charge >= 0.3 is 0 Å². The molecule has 1 aromatic carbocycles. The Balaban J connectivity index is 2.20. The first-order valence-corrected chi connectivity index (χ1v) is 7.67.